The summed E-state index contributed by atoms with van der Waals surface area (Å²) in [6.07, 6.45) is 1.73. The number of benzene rings is 3. The second-order valence-corrected chi connectivity index (χ2v) is 8.01. The van der Waals surface area contributed by atoms with Crippen LogP contribution in [0.3, 0.4) is 0 Å². The molecule has 0 spiro atoms. The van der Waals surface area contributed by atoms with Crippen molar-refractivity contribution in [3.63, 3.8) is 0 Å². The fourth-order valence-corrected chi connectivity index (χ4v) is 3.96. The molecule has 4 rings (SSSR count). The third-order valence-corrected chi connectivity index (χ3v) is 5.68. The van der Waals surface area contributed by atoms with Gasteiger partial charge in [-0.1, -0.05) is 23.7 Å². The Bertz CT molecular complexity index is 1160. The van der Waals surface area contributed by atoms with Crippen molar-refractivity contribution in [3.8, 4) is 11.5 Å². The molecule has 2 atom stereocenters. The van der Waals surface area contributed by atoms with Crippen LogP contribution in [-0.4, -0.2) is 24.8 Å². The van der Waals surface area contributed by atoms with Crippen molar-refractivity contribution in [1.29, 1.82) is 0 Å². The van der Waals surface area contributed by atoms with Gasteiger partial charge in [-0.25, -0.2) is 4.79 Å². The number of phenolic OH excluding ortho intramolecular Hbond substituents is 1. The number of ether oxygens (including phenoxy) is 2. The minimum absolute atomic E-state index is 0.154. The van der Waals surface area contributed by atoms with E-state index in [0.29, 0.717) is 22.8 Å². The van der Waals surface area contributed by atoms with Crippen LogP contribution in [-0.2, 0) is 4.74 Å². The molecule has 170 valence electrons. The van der Waals surface area contributed by atoms with Crippen molar-refractivity contribution in [1.82, 2.24) is 10.6 Å². The Balaban J connectivity index is 1.70. The van der Waals surface area contributed by atoms with Crippen molar-refractivity contribution in [3.05, 3.63) is 100 Å². The smallest absolute Gasteiger partial charge is 0.337 e. The van der Waals surface area contributed by atoms with Crippen molar-refractivity contribution < 1.29 is 19.4 Å². The normalized spacial score (nSPS) is 17.6. The van der Waals surface area contributed by atoms with E-state index in [4.69, 9.17) is 21.1 Å². The van der Waals surface area contributed by atoms with E-state index >= 15 is 0 Å². The first-order valence-electron chi connectivity index (χ1n) is 10.6. The van der Waals surface area contributed by atoms with E-state index in [0.717, 1.165) is 22.6 Å². The average Bonchev–Trinajstić information content (AvgIpc) is 2.85. The number of aromatic hydroxyl groups is 1. The summed E-state index contributed by atoms with van der Waals surface area (Å²) in [5, 5.41) is 18.1. The van der Waals surface area contributed by atoms with Gasteiger partial charge in [0.1, 0.15) is 17.7 Å². The lowest BCUT2D eigenvalue weighted by Crippen LogP contribution is -2.39. The Labute approximate surface area is 197 Å². The number of nitrogens with one attached hydrogen (secondary N) is 2. The summed E-state index contributed by atoms with van der Waals surface area (Å²) in [6.45, 7) is 2.55. The first kappa shape index (κ1) is 22.7. The minimum atomic E-state index is -0.386. The topological polar surface area (TPSA) is 79.8 Å². The number of hydrogen-bond acceptors (Lipinski definition) is 6. The monoisotopic (exact) mass is 464 g/mol. The van der Waals surface area contributed by atoms with Gasteiger partial charge in [0.15, 0.2) is 0 Å². The fraction of sp³-hybridized carbons (Fsp3) is 0.192. The fourth-order valence-electron chi connectivity index (χ4n) is 3.78. The number of carbonyl (C=O) groups is 1. The maximum atomic E-state index is 11.8. The van der Waals surface area contributed by atoms with Gasteiger partial charge in [0, 0.05) is 16.3 Å². The number of rotatable bonds is 6. The maximum absolute atomic E-state index is 11.8. The first-order chi connectivity index (χ1) is 16.0. The molecule has 0 saturated heterocycles. The number of halogens is 1. The quantitative estimate of drug-likeness (QED) is 0.435. The molecule has 7 heteroatoms. The summed E-state index contributed by atoms with van der Waals surface area (Å²) in [7, 11) is 1.36. The predicted octanol–water partition coefficient (Wildman–Crippen LogP) is 5.20. The number of esters is 1. The van der Waals surface area contributed by atoms with Crippen molar-refractivity contribution in [2.75, 3.05) is 13.7 Å². The van der Waals surface area contributed by atoms with Crippen LogP contribution in [0.1, 0.15) is 46.2 Å². The van der Waals surface area contributed by atoms with Crippen LogP contribution in [0.25, 0.3) is 5.70 Å². The highest BCUT2D eigenvalue weighted by Crippen LogP contribution is 2.35. The van der Waals surface area contributed by atoms with Crippen molar-refractivity contribution >= 4 is 23.3 Å². The second kappa shape index (κ2) is 9.98. The molecule has 0 bridgehead atoms. The van der Waals surface area contributed by atoms with Gasteiger partial charge in [-0.3, -0.25) is 5.32 Å². The van der Waals surface area contributed by atoms with Crippen molar-refractivity contribution in [2.24, 2.45) is 0 Å². The molecule has 0 radical (unpaired) electrons. The largest absolute Gasteiger partial charge is 0.508 e. The Morgan fingerprint density at radius 2 is 1.79 bits per heavy atom. The molecule has 0 aromatic heterocycles. The molecular formula is C26H25ClN2O4. The standard InChI is InChI=1S/C26H25ClN2O4/c1-3-33-20-11-8-16(9-12-20)22-15-23(21-14-19(27)10-13-24(21)30)29-25(28-22)17-4-6-18(7-5-17)26(31)32-2/h4-15,23,25,28-30H,3H2,1-2H3. The van der Waals surface area contributed by atoms with Crippen LogP contribution in [0, 0.1) is 0 Å². The van der Waals surface area contributed by atoms with Gasteiger partial charge < -0.3 is 19.9 Å². The van der Waals surface area contributed by atoms with Gasteiger partial charge in [0.2, 0.25) is 0 Å². The van der Waals surface area contributed by atoms with Gasteiger partial charge in [-0.05, 0) is 78.7 Å². The minimum Gasteiger partial charge on any atom is -0.508 e. The lowest BCUT2D eigenvalue weighted by Gasteiger charge is -2.33. The predicted molar refractivity (Wildman–Crippen MR) is 128 cm³/mol. The second-order valence-electron chi connectivity index (χ2n) is 7.58. The molecule has 1 aliphatic heterocycles. The van der Waals surface area contributed by atoms with E-state index < -0.39 is 0 Å². The highest BCUT2D eigenvalue weighted by Gasteiger charge is 2.26. The van der Waals surface area contributed by atoms with Gasteiger partial charge in [-0.15, -0.1) is 0 Å². The number of phenols is 1. The SMILES string of the molecule is CCOc1ccc(C2=CC(c3cc(Cl)ccc3O)NC(c3ccc(C(=O)OC)cc3)N2)cc1. The number of methoxy groups -OCH3 is 1. The zero-order valence-corrected chi connectivity index (χ0v) is 19.1. The lowest BCUT2D eigenvalue weighted by molar-refractivity contribution is 0.0600. The Morgan fingerprint density at radius 3 is 2.45 bits per heavy atom. The molecule has 1 heterocycles. The van der Waals surface area contributed by atoms with Crippen LogP contribution in [0.5, 0.6) is 11.5 Å². The molecule has 0 saturated carbocycles. The Hall–Kier alpha value is -3.48. The van der Waals surface area contributed by atoms with E-state index in [1.54, 1.807) is 30.3 Å². The number of hydrogen-bond donors (Lipinski definition) is 3. The molecule has 3 aromatic rings. The number of carbonyl (C=O) groups excluding carboxylic acids is 1. The summed E-state index contributed by atoms with van der Waals surface area (Å²) in [6, 6.07) is 19.7. The summed E-state index contributed by atoms with van der Waals surface area (Å²) < 4.78 is 10.4. The van der Waals surface area contributed by atoms with Gasteiger partial charge in [-0.2, -0.15) is 0 Å². The molecule has 0 aliphatic carbocycles. The summed E-state index contributed by atoms with van der Waals surface area (Å²) in [4.78, 5) is 11.8. The van der Waals surface area contributed by atoms with E-state index in [2.05, 4.69) is 10.6 Å². The van der Waals surface area contributed by atoms with Gasteiger partial charge in [0.05, 0.1) is 25.3 Å². The Kier molecular flexibility index (Phi) is 6.87. The van der Waals surface area contributed by atoms with E-state index in [-0.39, 0.29) is 23.9 Å². The van der Waals surface area contributed by atoms with E-state index in [1.165, 1.54) is 7.11 Å². The Morgan fingerprint density at radius 1 is 1.06 bits per heavy atom. The summed E-state index contributed by atoms with van der Waals surface area (Å²) in [5.74, 6) is 0.568. The molecular weight excluding hydrogens is 440 g/mol. The first-order valence-corrected chi connectivity index (χ1v) is 11.0. The zero-order chi connectivity index (χ0) is 23.4. The zero-order valence-electron chi connectivity index (χ0n) is 18.3. The third-order valence-electron chi connectivity index (χ3n) is 5.45. The lowest BCUT2D eigenvalue weighted by atomic mass is 9.97. The van der Waals surface area contributed by atoms with E-state index in [1.807, 2.05) is 49.4 Å². The van der Waals surface area contributed by atoms with Gasteiger partial charge >= 0.3 is 5.97 Å². The van der Waals surface area contributed by atoms with Crippen LogP contribution in [0.15, 0.2) is 72.8 Å². The highest BCUT2D eigenvalue weighted by molar-refractivity contribution is 6.30. The summed E-state index contributed by atoms with van der Waals surface area (Å²) >= 11 is 6.22. The van der Waals surface area contributed by atoms with Crippen LogP contribution in [0.2, 0.25) is 5.02 Å². The summed E-state index contributed by atoms with van der Waals surface area (Å²) in [5.41, 5.74) is 3.93. The highest BCUT2D eigenvalue weighted by atomic mass is 35.5. The maximum Gasteiger partial charge on any atom is 0.337 e. The molecule has 2 unspecified atom stereocenters. The molecule has 1 aliphatic rings. The molecule has 3 N–H and O–H groups in total. The third kappa shape index (κ3) is 5.13. The molecule has 6 nitrogen and oxygen atoms in total. The van der Waals surface area contributed by atoms with Crippen LogP contribution >= 0.6 is 11.6 Å². The van der Waals surface area contributed by atoms with E-state index in [9.17, 15) is 9.90 Å². The van der Waals surface area contributed by atoms with Crippen molar-refractivity contribution in [2.45, 2.75) is 19.1 Å². The van der Waals surface area contributed by atoms with Gasteiger partial charge in [0.25, 0.3) is 0 Å². The average molecular weight is 465 g/mol. The molecule has 3 aromatic carbocycles. The molecule has 0 amide bonds. The molecule has 33 heavy (non-hydrogen) atoms. The van der Waals surface area contributed by atoms with Crippen LogP contribution < -0.4 is 15.4 Å². The van der Waals surface area contributed by atoms with Crippen LogP contribution in [0.4, 0.5) is 0 Å². The molecule has 0 fully saturated rings.